The third-order valence-electron chi connectivity index (χ3n) is 5.58. The van der Waals surface area contributed by atoms with Crippen LogP contribution in [0, 0.1) is 0 Å². The molecule has 2 rings (SSSR count). The number of amides is 2. The van der Waals surface area contributed by atoms with Gasteiger partial charge in [0.05, 0.1) is 45.1 Å². The van der Waals surface area contributed by atoms with Crippen molar-refractivity contribution in [2.24, 2.45) is 0 Å². The molecule has 0 spiro atoms. The Morgan fingerprint density at radius 3 is 2.51 bits per heavy atom. The van der Waals surface area contributed by atoms with Gasteiger partial charge in [0, 0.05) is 39.2 Å². The zero-order valence-corrected chi connectivity index (χ0v) is 22.8. The van der Waals surface area contributed by atoms with Crippen LogP contribution in [0.4, 0.5) is 0 Å². The van der Waals surface area contributed by atoms with E-state index < -0.39 is 45.1 Å². The Bertz CT molecular complexity index is 935. The summed E-state index contributed by atoms with van der Waals surface area (Å²) in [6.45, 7) is 1.70. The van der Waals surface area contributed by atoms with Crippen molar-refractivity contribution < 1.29 is 57.6 Å². The van der Waals surface area contributed by atoms with Crippen LogP contribution in [-0.2, 0) is 50.4 Å². The van der Waals surface area contributed by atoms with Crippen molar-refractivity contribution in [2.45, 2.75) is 63.4 Å². The van der Waals surface area contributed by atoms with E-state index >= 15 is 0 Å². The molecule has 0 aliphatic carbocycles. The molecule has 1 aromatic heterocycles. The Kier molecular flexibility index (Phi) is 14.4. The lowest BCUT2D eigenvalue weighted by Gasteiger charge is -2.41. The summed E-state index contributed by atoms with van der Waals surface area (Å²) in [4.78, 5) is 32.3. The van der Waals surface area contributed by atoms with Crippen LogP contribution < -0.4 is 10.6 Å². The first kappa shape index (κ1) is 33.2. The van der Waals surface area contributed by atoms with E-state index in [1.165, 1.54) is 4.68 Å². The second-order valence-electron chi connectivity index (χ2n) is 8.42. The second-order valence-corrected chi connectivity index (χ2v) is 9.98. The third kappa shape index (κ3) is 11.5. The normalized spacial score (nSPS) is 24.7. The van der Waals surface area contributed by atoms with Gasteiger partial charge >= 0.3 is 7.82 Å². The number of rotatable bonds is 18. The fourth-order valence-electron chi connectivity index (χ4n) is 3.45. The molecule has 224 valence electrons. The van der Waals surface area contributed by atoms with E-state index in [0.29, 0.717) is 18.7 Å². The number of nitrogens with one attached hydrogen (secondary N) is 2. The lowest BCUT2D eigenvalue weighted by Crippen LogP contribution is -2.60. The minimum absolute atomic E-state index is 0.0451. The summed E-state index contributed by atoms with van der Waals surface area (Å²) < 4.78 is 38.3. The Hall–Kier alpha value is -2.05. The molecule has 2 heterocycles. The molecule has 1 aliphatic heterocycles. The summed E-state index contributed by atoms with van der Waals surface area (Å²) in [5.41, 5.74) is 0.522. The standard InChI is InChI=1S/C21H38N5O12P/c1-3-16(28)22-6-7-23-17(29)5-10-36-21-19(31)18(30)20(15(13-27)38-21)35-9-4-14-12-26(25-24-14)8-11-37-39(32,33)34-2/h12,15,18-21,27,30-31H,3-11,13H2,1-2H3,(H,22,28)(H,23,29)(H,32,33). The fraction of sp³-hybridized carbons (Fsp3) is 0.810. The molecular weight excluding hydrogens is 545 g/mol. The predicted molar refractivity (Wildman–Crippen MR) is 131 cm³/mol. The maximum Gasteiger partial charge on any atom is 0.471 e. The van der Waals surface area contributed by atoms with Gasteiger partial charge in [0.25, 0.3) is 0 Å². The van der Waals surface area contributed by atoms with Crippen LogP contribution in [0.25, 0.3) is 0 Å². The molecule has 2 amide bonds. The van der Waals surface area contributed by atoms with Gasteiger partial charge in [-0.3, -0.25) is 18.6 Å². The van der Waals surface area contributed by atoms with Crippen LogP contribution in [0.15, 0.2) is 6.20 Å². The van der Waals surface area contributed by atoms with Crippen molar-refractivity contribution in [2.75, 3.05) is 46.6 Å². The highest BCUT2D eigenvalue weighted by Crippen LogP contribution is 2.41. The van der Waals surface area contributed by atoms with Gasteiger partial charge in [0.1, 0.15) is 24.4 Å². The fourth-order valence-corrected chi connectivity index (χ4v) is 3.86. The number of aliphatic hydroxyl groups is 3. The molecule has 0 saturated carbocycles. The van der Waals surface area contributed by atoms with Gasteiger partial charge in [-0.05, 0) is 0 Å². The van der Waals surface area contributed by atoms with Gasteiger partial charge in [-0.15, -0.1) is 5.10 Å². The number of hydrogen-bond donors (Lipinski definition) is 6. The SMILES string of the molecule is CCC(=O)NCCNC(=O)CCOC1OC(CO)C(OCCc2cn(CCOP(=O)(O)OC)nn2)C(O)C1O. The van der Waals surface area contributed by atoms with Gasteiger partial charge in [0.2, 0.25) is 11.8 Å². The highest BCUT2D eigenvalue weighted by molar-refractivity contribution is 7.47. The van der Waals surface area contributed by atoms with E-state index in [-0.39, 0.29) is 57.6 Å². The van der Waals surface area contributed by atoms with Crippen LogP contribution in [0.2, 0.25) is 0 Å². The number of ether oxygens (including phenoxy) is 3. The Balaban J connectivity index is 1.72. The highest BCUT2D eigenvalue weighted by atomic mass is 31.2. The van der Waals surface area contributed by atoms with Crippen LogP contribution in [0.5, 0.6) is 0 Å². The number of nitrogens with zero attached hydrogens (tertiary/aromatic N) is 3. The van der Waals surface area contributed by atoms with Crippen molar-refractivity contribution in [3.05, 3.63) is 11.9 Å². The molecule has 0 radical (unpaired) electrons. The largest absolute Gasteiger partial charge is 0.471 e. The molecular formula is C21H38N5O12P. The number of aliphatic hydroxyl groups excluding tert-OH is 3. The molecule has 6 unspecified atom stereocenters. The van der Waals surface area contributed by atoms with Crippen molar-refractivity contribution in [3.8, 4) is 0 Å². The summed E-state index contributed by atoms with van der Waals surface area (Å²) in [5, 5.41) is 43.8. The van der Waals surface area contributed by atoms with E-state index in [4.69, 9.17) is 18.7 Å². The molecule has 1 aliphatic rings. The second kappa shape index (κ2) is 16.9. The van der Waals surface area contributed by atoms with E-state index in [1.807, 2.05) is 0 Å². The van der Waals surface area contributed by atoms with Gasteiger partial charge < -0.3 is 45.1 Å². The zero-order chi connectivity index (χ0) is 28.8. The molecule has 1 aromatic rings. The maximum atomic E-state index is 11.9. The summed E-state index contributed by atoms with van der Waals surface area (Å²) in [5.74, 6) is -0.453. The van der Waals surface area contributed by atoms with Crippen LogP contribution in [0.3, 0.4) is 0 Å². The molecule has 1 fully saturated rings. The van der Waals surface area contributed by atoms with Gasteiger partial charge in [-0.1, -0.05) is 12.1 Å². The first-order chi connectivity index (χ1) is 18.6. The first-order valence-electron chi connectivity index (χ1n) is 12.4. The third-order valence-corrected chi connectivity index (χ3v) is 6.55. The molecule has 6 atom stereocenters. The number of hydrogen-bond acceptors (Lipinski definition) is 13. The number of carbonyl (C=O) groups is 2. The molecule has 17 nitrogen and oxygen atoms in total. The number of carbonyl (C=O) groups excluding carboxylic acids is 2. The molecule has 18 heteroatoms. The molecule has 0 bridgehead atoms. The summed E-state index contributed by atoms with van der Waals surface area (Å²) in [7, 11) is -3.02. The van der Waals surface area contributed by atoms with Crippen molar-refractivity contribution in [1.82, 2.24) is 25.6 Å². The van der Waals surface area contributed by atoms with Gasteiger partial charge in [-0.2, -0.15) is 0 Å². The predicted octanol–water partition coefficient (Wildman–Crippen LogP) is -2.54. The smallest absolute Gasteiger partial charge is 0.394 e. The lowest BCUT2D eigenvalue weighted by molar-refractivity contribution is -0.307. The molecule has 39 heavy (non-hydrogen) atoms. The zero-order valence-electron chi connectivity index (χ0n) is 21.9. The Morgan fingerprint density at radius 2 is 1.85 bits per heavy atom. The minimum atomic E-state index is -4.08. The van der Waals surface area contributed by atoms with Crippen LogP contribution in [-0.4, -0.2) is 124 Å². The number of aromatic nitrogens is 3. The molecule has 1 saturated heterocycles. The van der Waals surface area contributed by atoms with Gasteiger partial charge in [-0.25, -0.2) is 9.25 Å². The van der Waals surface area contributed by atoms with Crippen LogP contribution in [0.1, 0.15) is 25.5 Å². The molecule has 0 aromatic carbocycles. The topological polar surface area (TPSA) is 233 Å². The van der Waals surface area contributed by atoms with E-state index in [2.05, 4.69) is 25.5 Å². The van der Waals surface area contributed by atoms with Crippen molar-refractivity contribution in [3.63, 3.8) is 0 Å². The number of phosphoric ester groups is 1. The minimum Gasteiger partial charge on any atom is -0.394 e. The monoisotopic (exact) mass is 583 g/mol. The highest BCUT2D eigenvalue weighted by Gasteiger charge is 2.45. The van der Waals surface area contributed by atoms with Crippen molar-refractivity contribution in [1.29, 1.82) is 0 Å². The Morgan fingerprint density at radius 1 is 1.13 bits per heavy atom. The van der Waals surface area contributed by atoms with E-state index in [0.717, 1.165) is 7.11 Å². The first-order valence-corrected chi connectivity index (χ1v) is 13.9. The average molecular weight is 584 g/mol. The summed E-state index contributed by atoms with van der Waals surface area (Å²) >= 11 is 0. The van der Waals surface area contributed by atoms with E-state index in [1.54, 1.807) is 13.1 Å². The van der Waals surface area contributed by atoms with E-state index in [9.17, 15) is 34.4 Å². The summed E-state index contributed by atoms with van der Waals surface area (Å²) in [6.07, 6.45) is -4.15. The van der Waals surface area contributed by atoms with Crippen LogP contribution >= 0.6 is 7.82 Å². The van der Waals surface area contributed by atoms with Gasteiger partial charge in [0.15, 0.2) is 6.29 Å². The maximum absolute atomic E-state index is 11.9. The Labute approximate surface area is 225 Å². The number of phosphoric acid groups is 1. The molecule has 6 N–H and O–H groups in total. The summed E-state index contributed by atoms with van der Waals surface area (Å²) in [6, 6.07) is 0. The lowest BCUT2D eigenvalue weighted by atomic mass is 9.99. The quantitative estimate of drug-likeness (QED) is 0.0772. The van der Waals surface area contributed by atoms with Crippen molar-refractivity contribution >= 4 is 19.6 Å². The average Bonchev–Trinajstić information content (AvgIpc) is 3.37.